The zero-order chi connectivity index (χ0) is 21.5. The molecule has 2 unspecified atom stereocenters. The lowest BCUT2D eigenvalue weighted by Gasteiger charge is -2.12. The first-order valence-corrected chi connectivity index (χ1v) is 10.6. The van der Waals surface area contributed by atoms with Crippen molar-refractivity contribution in [3.05, 3.63) is 81.8 Å². The Kier molecular flexibility index (Phi) is 4.94. The van der Waals surface area contributed by atoms with E-state index in [1.807, 2.05) is 18.2 Å². The van der Waals surface area contributed by atoms with E-state index in [2.05, 4.69) is 28.2 Å². The largest absolute Gasteiger partial charge is 0.477 e. The summed E-state index contributed by atoms with van der Waals surface area (Å²) in [6.07, 6.45) is 4.27. The molecule has 31 heavy (non-hydrogen) atoms. The van der Waals surface area contributed by atoms with Crippen LogP contribution in [-0.2, 0) is 7.05 Å². The normalized spacial score (nSPS) is 17.6. The number of halogens is 1. The van der Waals surface area contributed by atoms with Gasteiger partial charge in [0.15, 0.2) is 0 Å². The number of hydrogen-bond acceptors (Lipinski definition) is 5. The van der Waals surface area contributed by atoms with Gasteiger partial charge in [0.05, 0.1) is 22.7 Å². The average molecular weight is 433 g/mol. The summed E-state index contributed by atoms with van der Waals surface area (Å²) < 4.78 is 7.55. The lowest BCUT2D eigenvalue weighted by molar-refractivity contribution is 0.285. The molecule has 0 saturated heterocycles. The number of para-hydroxylation sites is 1. The van der Waals surface area contributed by atoms with Crippen LogP contribution in [0.5, 0.6) is 5.88 Å². The molecular formula is C24H21ClN4O2. The molecule has 0 amide bonds. The SMILES string of the molecule is Cc1ncc(-c2cc(=O)n(C)cc2Cl)c(OCC2CC2c2ccc3ccccc3n2)n1. The van der Waals surface area contributed by atoms with Gasteiger partial charge in [0.2, 0.25) is 5.88 Å². The molecule has 3 heterocycles. The number of aromatic nitrogens is 4. The van der Waals surface area contributed by atoms with Crippen LogP contribution in [-0.4, -0.2) is 26.1 Å². The number of aryl methyl sites for hydroxylation is 2. The fourth-order valence-corrected chi connectivity index (χ4v) is 4.12. The highest BCUT2D eigenvalue weighted by Crippen LogP contribution is 2.47. The molecule has 7 heteroatoms. The second-order valence-electron chi connectivity index (χ2n) is 7.96. The Morgan fingerprint density at radius 2 is 2.00 bits per heavy atom. The van der Waals surface area contributed by atoms with Crippen LogP contribution in [0, 0.1) is 12.8 Å². The third-order valence-electron chi connectivity index (χ3n) is 5.70. The summed E-state index contributed by atoms with van der Waals surface area (Å²) in [5.41, 5.74) is 3.15. The molecule has 0 spiro atoms. The van der Waals surface area contributed by atoms with Gasteiger partial charge in [-0.05, 0) is 25.5 Å². The smallest absolute Gasteiger partial charge is 0.250 e. The van der Waals surface area contributed by atoms with Gasteiger partial charge in [-0.2, -0.15) is 4.98 Å². The van der Waals surface area contributed by atoms with Crippen molar-refractivity contribution in [3.8, 4) is 17.0 Å². The van der Waals surface area contributed by atoms with Crippen LogP contribution in [0.4, 0.5) is 0 Å². The first kappa shape index (κ1) is 19.7. The van der Waals surface area contributed by atoms with Gasteiger partial charge in [-0.1, -0.05) is 35.9 Å². The molecule has 3 aromatic heterocycles. The molecule has 1 saturated carbocycles. The molecule has 1 aliphatic rings. The molecule has 156 valence electrons. The maximum Gasteiger partial charge on any atom is 0.250 e. The van der Waals surface area contributed by atoms with Crippen molar-refractivity contribution in [2.45, 2.75) is 19.3 Å². The number of ether oxygens (including phenoxy) is 1. The minimum atomic E-state index is -0.157. The Bertz CT molecular complexity index is 1350. The number of hydrogen-bond donors (Lipinski definition) is 0. The Morgan fingerprint density at radius 3 is 2.87 bits per heavy atom. The molecule has 5 rings (SSSR count). The fourth-order valence-electron chi connectivity index (χ4n) is 3.82. The monoisotopic (exact) mass is 432 g/mol. The van der Waals surface area contributed by atoms with E-state index in [9.17, 15) is 4.79 Å². The highest BCUT2D eigenvalue weighted by Gasteiger charge is 2.40. The van der Waals surface area contributed by atoms with Crippen molar-refractivity contribution >= 4 is 22.5 Å². The van der Waals surface area contributed by atoms with Crippen LogP contribution in [0.1, 0.15) is 23.9 Å². The standard InChI is InChI=1S/C24H21ClN4O2/c1-14-26-11-19(18-10-23(30)29(2)12-20(18)25)24(27-14)31-13-16-9-17(16)22-8-7-15-5-3-4-6-21(15)28-22/h3-8,10-12,16-17H,9,13H2,1-2H3. The van der Waals surface area contributed by atoms with Gasteiger partial charge in [0, 0.05) is 54.0 Å². The second kappa shape index (κ2) is 7.78. The van der Waals surface area contributed by atoms with Crippen LogP contribution >= 0.6 is 11.6 Å². The number of pyridine rings is 2. The first-order chi connectivity index (χ1) is 15.0. The van der Waals surface area contributed by atoms with Crippen molar-refractivity contribution in [2.75, 3.05) is 6.61 Å². The summed E-state index contributed by atoms with van der Waals surface area (Å²) in [4.78, 5) is 25.7. The number of benzene rings is 1. The van der Waals surface area contributed by atoms with Gasteiger partial charge in [-0.25, -0.2) is 4.98 Å². The molecule has 1 aromatic carbocycles. The van der Waals surface area contributed by atoms with E-state index in [1.54, 1.807) is 26.4 Å². The van der Waals surface area contributed by atoms with Crippen LogP contribution < -0.4 is 10.3 Å². The maximum atomic E-state index is 12.1. The maximum absolute atomic E-state index is 12.1. The van der Waals surface area contributed by atoms with Crippen molar-refractivity contribution in [3.63, 3.8) is 0 Å². The van der Waals surface area contributed by atoms with Crippen LogP contribution in [0.15, 0.2) is 59.7 Å². The van der Waals surface area contributed by atoms with E-state index in [0.29, 0.717) is 46.3 Å². The molecule has 4 aromatic rings. The minimum Gasteiger partial charge on any atom is -0.477 e. The number of nitrogens with zero attached hydrogens (tertiary/aromatic N) is 4. The molecule has 1 fully saturated rings. The predicted octanol–water partition coefficient (Wildman–Crippen LogP) is 4.53. The van der Waals surface area contributed by atoms with E-state index in [1.165, 1.54) is 10.6 Å². The third kappa shape index (κ3) is 3.91. The highest BCUT2D eigenvalue weighted by atomic mass is 35.5. The highest BCUT2D eigenvalue weighted by molar-refractivity contribution is 6.33. The van der Waals surface area contributed by atoms with Gasteiger partial charge in [0.1, 0.15) is 5.82 Å². The first-order valence-electron chi connectivity index (χ1n) is 10.2. The number of rotatable bonds is 5. The van der Waals surface area contributed by atoms with Gasteiger partial charge in [-0.15, -0.1) is 0 Å². The Labute approximate surface area is 184 Å². The summed E-state index contributed by atoms with van der Waals surface area (Å²) in [5, 5.41) is 1.59. The van der Waals surface area contributed by atoms with Gasteiger partial charge >= 0.3 is 0 Å². The molecule has 1 aliphatic carbocycles. The van der Waals surface area contributed by atoms with Crippen molar-refractivity contribution in [1.29, 1.82) is 0 Å². The lowest BCUT2D eigenvalue weighted by atomic mass is 10.1. The van der Waals surface area contributed by atoms with Crippen molar-refractivity contribution in [2.24, 2.45) is 13.0 Å². The van der Waals surface area contributed by atoms with E-state index in [4.69, 9.17) is 21.3 Å². The van der Waals surface area contributed by atoms with Crippen LogP contribution in [0.25, 0.3) is 22.0 Å². The van der Waals surface area contributed by atoms with E-state index >= 15 is 0 Å². The topological polar surface area (TPSA) is 69.9 Å². The van der Waals surface area contributed by atoms with Gasteiger partial charge in [0.25, 0.3) is 5.56 Å². The summed E-state index contributed by atoms with van der Waals surface area (Å²) in [5.74, 6) is 1.79. The molecule has 0 N–H and O–H groups in total. The Hall–Kier alpha value is -3.25. The molecule has 0 radical (unpaired) electrons. The quantitative estimate of drug-likeness (QED) is 0.463. The van der Waals surface area contributed by atoms with E-state index in [-0.39, 0.29) is 5.56 Å². The molecule has 6 nitrogen and oxygen atoms in total. The summed E-state index contributed by atoms with van der Waals surface area (Å²) >= 11 is 6.39. The van der Waals surface area contributed by atoms with Gasteiger partial charge < -0.3 is 9.30 Å². The summed E-state index contributed by atoms with van der Waals surface area (Å²) in [6, 6.07) is 13.9. The predicted molar refractivity (Wildman–Crippen MR) is 121 cm³/mol. The number of fused-ring (bicyclic) bond motifs is 1. The third-order valence-corrected chi connectivity index (χ3v) is 6.00. The second-order valence-corrected chi connectivity index (χ2v) is 8.37. The summed E-state index contributed by atoms with van der Waals surface area (Å²) in [6.45, 7) is 2.33. The lowest BCUT2D eigenvalue weighted by Crippen LogP contribution is -2.15. The van der Waals surface area contributed by atoms with Crippen molar-refractivity contribution in [1.82, 2.24) is 19.5 Å². The van der Waals surface area contributed by atoms with Gasteiger partial charge in [-0.3, -0.25) is 9.78 Å². The van der Waals surface area contributed by atoms with Crippen LogP contribution in [0.2, 0.25) is 5.02 Å². The zero-order valence-electron chi connectivity index (χ0n) is 17.2. The fraction of sp³-hybridized carbons (Fsp3) is 0.250. The van der Waals surface area contributed by atoms with Crippen LogP contribution in [0.3, 0.4) is 0 Å². The van der Waals surface area contributed by atoms with E-state index in [0.717, 1.165) is 23.0 Å². The average Bonchev–Trinajstić information content (AvgIpc) is 3.55. The molecular weight excluding hydrogens is 412 g/mol. The molecule has 2 atom stereocenters. The Morgan fingerprint density at radius 1 is 1.16 bits per heavy atom. The minimum absolute atomic E-state index is 0.157. The summed E-state index contributed by atoms with van der Waals surface area (Å²) in [7, 11) is 1.66. The molecule has 0 bridgehead atoms. The Balaban J connectivity index is 1.36. The van der Waals surface area contributed by atoms with Crippen molar-refractivity contribution < 1.29 is 4.74 Å². The van der Waals surface area contributed by atoms with E-state index < -0.39 is 0 Å². The molecule has 0 aliphatic heterocycles. The zero-order valence-corrected chi connectivity index (χ0v) is 18.0.